The number of allylic oxidation sites excluding steroid dienone is 1. The van der Waals surface area contributed by atoms with Gasteiger partial charge in [0.1, 0.15) is 5.75 Å². The number of rotatable bonds is 5. The number of ether oxygens (including phenoxy) is 1. The summed E-state index contributed by atoms with van der Waals surface area (Å²) in [6.45, 7) is 10.6. The van der Waals surface area contributed by atoms with E-state index in [9.17, 15) is 4.79 Å². The molecule has 4 heteroatoms. The maximum absolute atomic E-state index is 12.6. The first-order chi connectivity index (χ1) is 10.0. The van der Waals surface area contributed by atoms with Crippen LogP contribution >= 0.6 is 0 Å². The first-order valence-corrected chi connectivity index (χ1v) is 7.42. The van der Waals surface area contributed by atoms with Crippen LogP contribution in [0.15, 0.2) is 36.9 Å². The molecule has 0 saturated carbocycles. The van der Waals surface area contributed by atoms with Crippen LogP contribution in [0, 0.1) is 0 Å². The summed E-state index contributed by atoms with van der Waals surface area (Å²) >= 11 is 0. The number of carbonyl (C=O) groups excluding carboxylic acids is 1. The minimum Gasteiger partial charge on any atom is -0.478 e. The van der Waals surface area contributed by atoms with Gasteiger partial charge in [-0.15, -0.1) is 6.58 Å². The zero-order valence-electron chi connectivity index (χ0n) is 12.9. The molecule has 1 amide bonds. The van der Waals surface area contributed by atoms with E-state index < -0.39 is 5.60 Å². The lowest BCUT2D eigenvalue weighted by molar-refractivity contribution is -0.146. The zero-order valence-corrected chi connectivity index (χ0v) is 12.9. The largest absolute Gasteiger partial charge is 0.478 e. The van der Waals surface area contributed by atoms with Crippen LogP contribution in [0.25, 0.3) is 0 Å². The number of nitrogens with zero attached hydrogens (tertiary/aromatic N) is 1. The molecule has 2 rings (SSSR count). The van der Waals surface area contributed by atoms with Crippen molar-refractivity contribution in [3.05, 3.63) is 42.5 Å². The molecule has 0 aromatic heterocycles. The number of amides is 1. The molecule has 1 aromatic carbocycles. The number of benzene rings is 1. The van der Waals surface area contributed by atoms with Crippen LogP contribution in [0.1, 0.15) is 19.4 Å². The van der Waals surface area contributed by atoms with Gasteiger partial charge < -0.3 is 15.0 Å². The molecule has 0 atom stereocenters. The predicted molar refractivity (Wildman–Crippen MR) is 84.5 cm³/mol. The van der Waals surface area contributed by atoms with Crippen molar-refractivity contribution in [2.45, 2.75) is 25.9 Å². The van der Waals surface area contributed by atoms with E-state index in [-0.39, 0.29) is 5.91 Å². The van der Waals surface area contributed by atoms with E-state index in [2.05, 4.69) is 11.9 Å². The summed E-state index contributed by atoms with van der Waals surface area (Å²) in [7, 11) is 0. The number of nitrogens with one attached hydrogen (secondary N) is 1. The van der Waals surface area contributed by atoms with Gasteiger partial charge >= 0.3 is 0 Å². The molecule has 0 aliphatic carbocycles. The molecular weight excluding hydrogens is 264 g/mol. The second kappa shape index (κ2) is 6.76. The van der Waals surface area contributed by atoms with Crippen molar-refractivity contribution in [3.8, 4) is 5.75 Å². The van der Waals surface area contributed by atoms with Gasteiger partial charge in [0.05, 0.1) is 0 Å². The molecule has 1 aromatic rings. The topological polar surface area (TPSA) is 41.6 Å². The van der Waals surface area contributed by atoms with Crippen molar-refractivity contribution < 1.29 is 9.53 Å². The van der Waals surface area contributed by atoms with Gasteiger partial charge in [-0.2, -0.15) is 0 Å². The Hall–Kier alpha value is -1.81. The van der Waals surface area contributed by atoms with E-state index in [1.165, 1.54) is 0 Å². The highest BCUT2D eigenvalue weighted by molar-refractivity contribution is 5.85. The van der Waals surface area contributed by atoms with Crippen molar-refractivity contribution in [2.24, 2.45) is 0 Å². The molecular formula is C17H24N2O2. The standard InChI is InChI=1S/C17H24N2O2/c1-4-7-14-8-5-6-9-15(14)21-17(2,3)16(20)19-12-10-18-11-13-19/h4-6,8-9,18H,1,7,10-13H2,2-3H3. The van der Waals surface area contributed by atoms with Gasteiger partial charge in [0.25, 0.3) is 5.91 Å². The Bertz CT molecular complexity index is 505. The van der Waals surface area contributed by atoms with Crippen LogP contribution < -0.4 is 10.1 Å². The Morgan fingerprint density at radius 3 is 2.71 bits per heavy atom. The Labute approximate surface area is 126 Å². The van der Waals surface area contributed by atoms with Gasteiger partial charge in [-0.1, -0.05) is 24.3 Å². The molecule has 0 unspecified atom stereocenters. The van der Waals surface area contributed by atoms with Gasteiger partial charge in [-0.05, 0) is 31.9 Å². The molecule has 4 nitrogen and oxygen atoms in total. The SMILES string of the molecule is C=CCc1ccccc1OC(C)(C)C(=O)N1CCNCC1. The third-order valence-electron chi connectivity index (χ3n) is 3.62. The van der Waals surface area contributed by atoms with Crippen LogP contribution in [0.5, 0.6) is 5.75 Å². The predicted octanol–water partition coefficient (Wildman–Crippen LogP) is 2.00. The van der Waals surface area contributed by atoms with Crippen LogP contribution in [-0.4, -0.2) is 42.6 Å². The average Bonchev–Trinajstić information content (AvgIpc) is 2.49. The highest BCUT2D eigenvalue weighted by Gasteiger charge is 2.35. The van der Waals surface area contributed by atoms with Crippen molar-refractivity contribution >= 4 is 5.91 Å². The fraction of sp³-hybridized carbons (Fsp3) is 0.471. The summed E-state index contributed by atoms with van der Waals surface area (Å²) in [5.74, 6) is 0.795. The number of piperazine rings is 1. The number of carbonyl (C=O) groups is 1. The summed E-state index contributed by atoms with van der Waals surface area (Å²) in [5.41, 5.74) is 0.183. The third-order valence-corrected chi connectivity index (χ3v) is 3.62. The summed E-state index contributed by atoms with van der Waals surface area (Å²) in [5, 5.41) is 3.25. The monoisotopic (exact) mass is 288 g/mol. The normalized spacial score (nSPS) is 15.6. The van der Waals surface area contributed by atoms with Crippen molar-refractivity contribution in [1.29, 1.82) is 0 Å². The molecule has 1 heterocycles. The summed E-state index contributed by atoms with van der Waals surface area (Å²) < 4.78 is 6.04. The average molecular weight is 288 g/mol. The molecule has 1 aliphatic rings. The summed E-state index contributed by atoms with van der Waals surface area (Å²) in [6, 6.07) is 7.80. The summed E-state index contributed by atoms with van der Waals surface area (Å²) in [6.07, 6.45) is 2.57. The van der Waals surface area contributed by atoms with E-state index in [0.717, 1.165) is 43.9 Å². The second-order valence-electron chi connectivity index (χ2n) is 5.76. The maximum atomic E-state index is 12.6. The molecule has 1 fully saturated rings. The van der Waals surface area contributed by atoms with E-state index in [0.29, 0.717) is 0 Å². The molecule has 0 radical (unpaired) electrons. The van der Waals surface area contributed by atoms with Gasteiger partial charge in [0.2, 0.25) is 0 Å². The lowest BCUT2D eigenvalue weighted by atomic mass is 10.1. The molecule has 114 valence electrons. The van der Waals surface area contributed by atoms with Crippen LogP contribution in [0.4, 0.5) is 0 Å². The van der Waals surface area contributed by atoms with Gasteiger partial charge in [0.15, 0.2) is 5.60 Å². The second-order valence-corrected chi connectivity index (χ2v) is 5.76. The number of para-hydroxylation sites is 1. The fourth-order valence-electron chi connectivity index (χ4n) is 2.49. The van der Waals surface area contributed by atoms with Gasteiger partial charge in [-0.25, -0.2) is 0 Å². The van der Waals surface area contributed by atoms with Gasteiger partial charge in [-0.3, -0.25) is 4.79 Å². The highest BCUT2D eigenvalue weighted by atomic mass is 16.5. The van der Waals surface area contributed by atoms with E-state index in [1.54, 1.807) is 0 Å². The van der Waals surface area contributed by atoms with Gasteiger partial charge in [0, 0.05) is 26.2 Å². The van der Waals surface area contributed by atoms with Crippen LogP contribution in [0.3, 0.4) is 0 Å². The first-order valence-electron chi connectivity index (χ1n) is 7.42. The minimum absolute atomic E-state index is 0.0393. The minimum atomic E-state index is -0.866. The highest BCUT2D eigenvalue weighted by Crippen LogP contribution is 2.25. The van der Waals surface area contributed by atoms with E-state index in [1.807, 2.05) is 49.1 Å². The van der Waals surface area contributed by atoms with Crippen molar-refractivity contribution in [1.82, 2.24) is 10.2 Å². The zero-order chi connectivity index (χ0) is 15.3. The quantitative estimate of drug-likeness (QED) is 0.843. The molecule has 1 aliphatic heterocycles. The van der Waals surface area contributed by atoms with E-state index in [4.69, 9.17) is 4.74 Å². The molecule has 0 bridgehead atoms. The lowest BCUT2D eigenvalue weighted by Crippen LogP contribution is -2.54. The molecule has 1 saturated heterocycles. The Kier molecular flexibility index (Phi) is 5.02. The summed E-state index contributed by atoms with van der Waals surface area (Å²) in [4.78, 5) is 14.5. The van der Waals surface area contributed by atoms with Crippen LogP contribution in [0.2, 0.25) is 0 Å². The molecule has 0 spiro atoms. The smallest absolute Gasteiger partial charge is 0.266 e. The molecule has 21 heavy (non-hydrogen) atoms. The Morgan fingerprint density at radius 2 is 2.05 bits per heavy atom. The molecule has 1 N–H and O–H groups in total. The van der Waals surface area contributed by atoms with Crippen molar-refractivity contribution in [2.75, 3.05) is 26.2 Å². The first kappa shape index (κ1) is 15.6. The Balaban J connectivity index is 2.12. The number of hydrogen-bond donors (Lipinski definition) is 1. The van der Waals surface area contributed by atoms with Crippen LogP contribution in [-0.2, 0) is 11.2 Å². The lowest BCUT2D eigenvalue weighted by Gasteiger charge is -2.35. The maximum Gasteiger partial charge on any atom is 0.266 e. The van der Waals surface area contributed by atoms with E-state index >= 15 is 0 Å². The fourth-order valence-corrected chi connectivity index (χ4v) is 2.49. The van der Waals surface area contributed by atoms with Crippen molar-refractivity contribution in [3.63, 3.8) is 0 Å². The Morgan fingerprint density at radius 1 is 1.38 bits per heavy atom. The number of hydrogen-bond acceptors (Lipinski definition) is 3. The third kappa shape index (κ3) is 3.85.